The van der Waals surface area contributed by atoms with Gasteiger partial charge in [0, 0.05) is 19.5 Å². The Morgan fingerprint density at radius 3 is 2.63 bits per heavy atom. The summed E-state index contributed by atoms with van der Waals surface area (Å²) >= 11 is 0. The van der Waals surface area contributed by atoms with Crippen LogP contribution in [0.2, 0.25) is 0 Å². The van der Waals surface area contributed by atoms with E-state index in [9.17, 15) is 14.7 Å². The van der Waals surface area contributed by atoms with Gasteiger partial charge in [-0.2, -0.15) is 0 Å². The van der Waals surface area contributed by atoms with Gasteiger partial charge in [-0.05, 0) is 24.7 Å². The van der Waals surface area contributed by atoms with Crippen molar-refractivity contribution in [2.45, 2.75) is 51.2 Å². The molecule has 0 spiro atoms. The zero-order valence-electron chi connectivity index (χ0n) is 11.3. The van der Waals surface area contributed by atoms with Crippen molar-refractivity contribution in [2.24, 2.45) is 5.41 Å². The van der Waals surface area contributed by atoms with Crippen LogP contribution in [-0.2, 0) is 4.79 Å². The molecule has 0 aromatic heterocycles. The van der Waals surface area contributed by atoms with Crippen molar-refractivity contribution in [2.75, 3.05) is 13.1 Å². The van der Waals surface area contributed by atoms with E-state index in [-0.39, 0.29) is 24.4 Å². The number of β-amino-alcohol motifs (C(OH)–C–C–N with tert-alkyl or cyclic N) is 1. The summed E-state index contributed by atoms with van der Waals surface area (Å²) in [5, 5.41) is 21.4. The van der Waals surface area contributed by atoms with Gasteiger partial charge in [0.2, 0.25) is 0 Å². The number of carbonyl (C=O) groups is 2. The van der Waals surface area contributed by atoms with Crippen LogP contribution in [0.3, 0.4) is 0 Å². The number of carboxylic acids is 1. The van der Waals surface area contributed by atoms with Gasteiger partial charge < -0.3 is 20.4 Å². The van der Waals surface area contributed by atoms with E-state index in [1.807, 2.05) is 0 Å². The molecule has 0 radical (unpaired) electrons. The second kappa shape index (κ2) is 5.36. The molecule has 6 nitrogen and oxygen atoms in total. The summed E-state index contributed by atoms with van der Waals surface area (Å²) in [5.74, 6) is -1.05. The van der Waals surface area contributed by atoms with E-state index < -0.39 is 18.1 Å². The topological polar surface area (TPSA) is 89.9 Å². The molecular weight excluding hydrogens is 248 g/mol. The van der Waals surface area contributed by atoms with Crippen LogP contribution in [0.1, 0.15) is 39.0 Å². The molecule has 2 aliphatic rings. The Balaban J connectivity index is 1.87. The van der Waals surface area contributed by atoms with Gasteiger partial charge in [0.15, 0.2) is 0 Å². The number of urea groups is 1. The molecule has 2 atom stereocenters. The van der Waals surface area contributed by atoms with Crippen molar-refractivity contribution in [3.63, 3.8) is 0 Å². The van der Waals surface area contributed by atoms with Crippen LogP contribution in [0.5, 0.6) is 0 Å². The molecule has 1 aliphatic heterocycles. The molecule has 0 aromatic rings. The fourth-order valence-corrected chi connectivity index (χ4v) is 2.86. The zero-order valence-corrected chi connectivity index (χ0v) is 11.3. The molecule has 19 heavy (non-hydrogen) atoms. The molecule has 2 rings (SSSR count). The van der Waals surface area contributed by atoms with Crippen molar-refractivity contribution < 1.29 is 19.8 Å². The standard InChI is InChI=1S/C13H22N2O4/c1-2-3-13(4-5-13)8-14-12(19)15-7-9(16)6-10(15)11(17)18/h9-10,16H,2-8H2,1H3,(H,14,19)(H,17,18)/t9-,10+/m1/s1. The second-order valence-electron chi connectivity index (χ2n) is 5.80. The lowest BCUT2D eigenvalue weighted by Crippen LogP contribution is -2.47. The lowest BCUT2D eigenvalue weighted by Gasteiger charge is -2.23. The Morgan fingerprint density at radius 1 is 1.42 bits per heavy atom. The second-order valence-corrected chi connectivity index (χ2v) is 5.80. The highest BCUT2D eigenvalue weighted by atomic mass is 16.4. The normalized spacial score (nSPS) is 28.2. The van der Waals surface area contributed by atoms with E-state index >= 15 is 0 Å². The van der Waals surface area contributed by atoms with Gasteiger partial charge in [-0.3, -0.25) is 0 Å². The predicted molar refractivity (Wildman–Crippen MR) is 68.7 cm³/mol. The Kier molecular flexibility index (Phi) is 3.99. The summed E-state index contributed by atoms with van der Waals surface area (Å²) in [6.45, 7) is 2.83. The minimum absolute atomic E-state index is 0.101. The SMILES string of the molecule is CCCC1(CNC(=O)N2C[C@H](O)C[C@H]2C(=O)O)CC1. The summed E-state index contributed by atoms with van der Waals surface area (Å²) in [4.78, 5) is 24.3. The maximum Gasteiger partial charge on any atom is 0.326 e. The van der Waals surface area contributed by atoms with Crippen LogP contribution in [0.4, 0.5) is 4.79 Å². The van der Waals surface area contributed by atoms with Crippen molar-refractivity contribution >= 4 is 12.0 Å². The first-order valence-electron chi connectivity index (χ1n) is 6.93. The van der Waals surface area contributed by atoms with Crippen molar-refractivity contribution in [3.05, 3.63) is 0 Å². The van der Waals surface area contributed by atoms with E-state index in [1.165, 1.54) is 4.90 Å². The highest BCUT2D eigenvalue weighted by molar-refractivity contribution is 5.83. The van der Waals surface area contributed by atoms with Gasteiger partial charge in [-0.15, -0.1) is 0 Å². The summed E-state index contributed by atoms with van der Waals surface area (Å²) < 4.78 is 0. The molecule has 1 saturated heterocycles. The van der Waals surface area contributed by atoms with Crippen molar-refractivity contribution in [1.82, 2.24) is 10.2 Å². The van der Waals surface area contributed by atoms with Gasteiger partial charge in [0.05, 0.1) is 6.10 Å². The number of nitrogens with one attached hydrogen (secondary N) is 1. The number of aliphatic carboxylic acids is 1. The van der Waals surface area contributed by atoms with E-state index in [1.54, 1.807) is 0 Å². The Morgan fingerprint density at radius 2 is 2.11 bits per heavy atom. The quantitative estimate of drug-likeness (QED) is 0.689. The first-order chi connectivity index (χ1) is 8.97. The number of carboxylic acid groups (broad SMARTS) is 1. The van der Waals surface area contributed by atoms with Gasteiger partial charge in [0.25, 0.3) is 0 Å². The number of rotatable bonds is 5. The molecule has 3 N–H and O–H groups in total. The minimum atomic E-state index is -1.05. The highest BCUT2D eigenvalue weighted by Crippen LogP contribution is 2.48. The van der Waals surface area contributed by atoms with Crippen LogP contribution in [0.25, 0.3) is 0 Å². The Labute approximate surface area is 112 Å². The molecule has 108 valence electrons. The van der Waals surface area contributed by atoms with Crippen LogP contribution in [-0.4, -0.2) is 52.3 Å². The molecule has 0 aromatic carbocycles. The van der Waals surface area contributed by atoms with Gasteiger partial charge in [-0.25, -0.2) is 9.59 Å². The largest absolute Gasteiger partial charge is 0.480 e. The van der Waals surface area contributed by atoms with Crippen molar-refractivity contribution in [3.8, 4) is 0 Å². The number of nitrogens with zero attached hydrogens (tertiary/aromatic N) is 1. The third-order valence-electron chi connectivity index (χ3n) is 4.18. The Bertz CT molecular complexity index is 368. The monoisotopic (exact) mass is 270 g/mol. The van der Waals surface area contributed by atoms with Crippen LogP contribution < -0.4 is 5.32 Å². The van der Waals surface area contributed by atoms with Gasteiger partial charge in [-0.1, -0.05) is 13.3 Å². The maximum atomic E-state index is 12.0. The summed E-state index contributed by atoms with van der Waals surface area (Å²) in [7, 11) is 0. The number of hydrogen-bond donors (Lipinski definition) is 3. The minimum Gasteiger partial charge on any atom is -0.480 e. The summed E-state index contributed by atoms with van der Waals surface area (Å²) in [6.07, 6.45) is 3.83. The number of carbonyl (C=O) groups excluding carboxylic acids is 1. The van der Waals surface area contributed by atoms with Gasteiger partial charge >= 0.3 is 12.0 Å². The van der Waals surface area contributed by atoms with Crippen LogP contribution in [0.15, 0.2) is 0 Å². The Hall–Kier alpha value is -1.30. The number of aliphatic hydroxyl groups is 1. The molecule has 2 fully saturated rings. The average molecular weight is 270 g/mol. The average Bonchev–Trinajstić information content (AvgIpc) is 3.00. The first kappa shape index (κ1) is 14.1. The number of hydrogen-bond acceptors (Lipinski definition) is 3. The summed E-state index contributed by atoms with van der Waals surface area (Å²) in [5.41, 5.74) is 0.238. The first-order valence-corrected chi connectivity index (χ1v) is 6.93. The third kappa shape index (κ3) is 3.18. The van der Waals surface area contributed by atoms with E-state index in [0.29, 0.717) is 6.54 Å². The fourth-order valence-electron chi connectivity index (χ4n) is 2.86. The van der Waals surface area contributed by atoms with E-state index in [4.69, 9.17) is 5.11 Å². The highest BCUT2D eigenvalue weighted by Gasteiger charge is 2.43. The molecule has 1 saturated carbocycles. The summed E-state index contributed by atoms with van der Waals surface area (Å²) in [6, 6.07) is -1.28. The van der Waals surface area contributed by atoms with Crippen LogP contribution in [0, 0.1) is 5.41 Å². The lowest BCUT2D eigenvalue weighted by molar-refractivity contribution is -0.141. The predicted octanol–water partition coefficient (Wildman–Crippen LogP) is 0.796. The molecule has 1 aliphatic carbocycles. The molecular formula is C13H22N2O4. The molecule has 6 heteroatoms. The number of aliphatic hydroxyl groups excluding tert-OH is 1. The lowest BCUT2D eigenvalue weighted by atomic mass is 10.0. The van der Waals surface area contributed by atoms with E-state index in [0.717, 1.165) is 25.7 Å². The molecule has 1 heterocycles. The maximum absolute atomic E-state index is 12.0. The van der Waals surface area contributed by atoms with Crippen LogP contribution >= 0.6 is 0 Å². The van der Waals surface area contributed by atoms with Crippen molar-refractivity contribution in [1.29, 1.82) is 0 Å². The number of amides is 2. The smallest absolute Gasteiger partial charge is 0.326 e. The molecule has 0 bridgehead atoms. The molecule has 0 unspecified atom stereocenters. The molecule has 2 amide bonds. The third-order valence-corrected chi connectivity index (χ3v) is 4.18. The van der Waals surface area contributed by atoms with E-state index in [2.05, 4.69) is 12.2 Å². The number of likely N-dealkylation sites (tertiary alicyclic amines) is 1. The zero-order chi connectivity index (χ0) is 14.0. The van der Waals surface area contributed by atoms with Gasteiger partial charge in [0.1, 0.15) is 6.04 Å². The fraction of sp³-hybridized carbons (Fsp3) is 0.846.